The lowest BCUT2D eigenvalue weighted by atomic mass is 10.2. The van der Waals surface area contributed by atoms with Crippen molar-refractivity contribution in [3.8, 4) is 0 Å². The molecule has 0 saturated heterocycles. The first-order valence-corrected chi connectivity index (χ1v) is 12.0. The number of nitrogens with one attached hydrogen (secondary N) is 2. The van der Waals surface area contributed by atoms with Gasteiger partial charge in [-0.15, -0.1) is 0 Å². The second-order valence-corrected chi connectivity index (χ2v) is 8.52. The molecule has 0 saturated carbocycles. The Kier molecular flexibility index (Phi) is 7.23. The van der Waals surface area contributed by atoms with Crippen molar-refractivity contribution in [2.24, 2.45) is 0 Å². The third-order valence-corrected chi connectivity index (χ3v) is 5.97. The topological polar surface area (TPSA) is 115 Å². The summed E-state index contributed by atoms with van der Waals surface area (Å²) in [6.45, 7) is 5.73. The van der Waals surface area contributed by atoms with E-state index in [4.69, 9.17) is 4.42 Å². The summed E-state index contributed by atoms with van der Waals surface area (Å²) < 4.78 is 7.35. The normalized spacial score (nSPS) is 11.2. The van der Waals surface area contributed by atoms with Gasteiger partial charge >= 0.3 is 0 Å². The molecular weight excluding hydrogens is 440 g/mol. The van der Waals surface area contributed by atoms with Gasteiger partial charge in [0.15, 0.2) is 22.0 Å². The number of aromatic nitrogens is 4. The summed E-state index contributed by atoms with van der Waals surface area (Å²) in [4.78, 5) is 34.1. The molecule has 10 heteroatoms. The van der Waals surface area contributed by atoms with Crippen molar-refractivity contribution < 1.29 is 9.21 Å². The van der Waals surface area contributed by atoms with E-state index in [0.717, 1.165) is 36.3 Å². The predicted molar refractivity (Wildman–Crippen MR) is 130 cm³/mol. The largest absolute Gasteiger partial charge is 0.451 e. The van der Waals surface area contributed by atoms with E-state index in [-0.39, 0.29) is 11.2 Å². The fraction of sp³-hybridized carbons (Fsp3) is 0.348. The lowest BCUT2D eigenvalue weighted by molar-refractivity contribution is 0.0925. The number of amides is 1. The summed E-state index contributed by atoms with van der Waals surface area (Å²) in [5.74, 6) is 1.23. The van der Waals surface area contributed by atoms with Crippen LogP contribution in [-0.4, -0.2) is 44.5 Å². The van der Waals surface area contributed by atoms with Gasteiger partial charge in [-0.2, -0.15) is 5.10 Å². The van der Waals surface area contributed by atoms with Crippen molar-refractivity contribution >= 4 is 45.5 Å². The number of anilines is 1. The van der Waals surface area contributed by atoms with E-state index in [1.54, 1.807) is 46.9 Å². The van der Waals surface area contributed by atoms with E-state index in [9.17, 15) is 9.59 Å². The van der Waals surface area contributed by atoms with Crippen molar-refractivity contribution in [2.75, 3.05) is 24.2 Å². The highest BCUT2D eigenvalue weighted by atomic mass is 32.2. The molecule has 4 aromatic rings. The minimum Gasteiger partial charge on any atom is -0.451 e. The first kappa shape index (κ1) is 22.8. The molecular formula is C23H26N6O3S. The predicted octanol–water partition coefficient (Wildman–Crippen LogP) is 3.69. The number of carbonyl (C=O) groups is 1. The number of hydrogen-bond acceptors (Lipinski definition) is 8. The van der Waals surface area contributed by atoms with Gasteiger partial charge in [0, 0.05) is 24.9 Å². The zero-order chi connectivity index (χ0) is 23.2. The van der Waals surface area contributed by atoms with Gasteiger partial charge in [0.2, 0.25) is 0 Å². The Morgan fingerprint density at radius 3 is 2.79 bits per heavy atom. The zero-order valence-corrected chi connectivity index (χ0v) is 19.4. The van der Waals surface area contributed by atoms with Crippen LogP contribution in [0.3, 0.4) is 0 Å². The number of thioether (sulfide) groups is 1. The fourth-order valence-corrected chi connectivity index (χ4v) is 4.01. The van der Waals surface area contributed by atoms with Crippen LogP contribution in [0.2, 0.25) is 0 Å². The van der Waals surface area contributed by atoms with Crippen molar-refractivity contribution in [1.29, 1.82) is 0 Å². The lowest BCUT2D eigenvalue weighted by Gasteiger charge is -2.09. The summed E-state index contributed by atoms with van der Waals surface area (Å²) in [5, 5.41) is 12.6. The highest BCUT2D eigenvalue weighted by Gasteiger charge is 2.15. The molecule has 0 atom stereocenters. The van der Waals surface area contributed by atoms with Crippen molar-refractivity contribution in [1.82, 2.24) is 25.1 Å². The number of hydrogen-bond donors (Lipinski definition) is 2. The van der Waals surface area contributed by atoms with Crippen LogP contribution in [0.5, 0.6) is 0 Å². The number of carbonyl (C=O) groups excluding carboxylic acids is 1. The van der Waals surface area contributed by atoms with Gasteiger partial charge < -0.3 is 15.1 Å². The van der Waals surface area contributed by atoms with Gasteiger partial charge in [-0.25, -0.2) is 14.6 Å². The van der Waals surface area contributed by atoms with Crippen LogP contribution >= 0.6 is 11.8 Å². The molecule has 4 rings (SSSR count). The molecule has 9 nitrogen and oxygen atoms in total. The Morgan fingerprint density at radius 2 is 1.97 bits per heavy atom. The Labute approximate surface area is 195 Å². The molecule has 2 N–H and O–H groups in total. The van der Waals surface area contributed by atoms with E-state index < -0.39 is 5.91 Å². The number of para-hydroxylation sites is 1. The quantitative estimate of drug-likeness (QED) is 0.269. The maximum atomic E-state index is 12.6. The van der Waals surface area contributed by atoms with Crippen LogP contribution < -0.4 is 16.1 Å². The summed E-state index contributed by atoms with van der Waals surface area (Å²) in [7, 11) is 0. The molecule has 1 amide bonds. The molecule has 0 unspecified atom stereocenters. The Balaban J connectivity index is 1.49. The molecule has 0 radical (unpaired) electrons. The maximum absolute atomic E-state index is 12.6. The van der Waals surface area contributed by atoms with Crippen molar-refractivity contribution in [3.05, 3.63) is 52.5 Å². The molecule has 0 spiro atoms. The highest BCUT2D eigenvalue weighted by Crippen LogP contribution is 2.24. The maximum Gasteiger partial charge on any atom is 0.287 e. The third kappa shape index (κ3) is 5.16. The molecule has 33 heavy (non-hydrogen) atoms. The molecule has 0 fully saturated rings. The second-order valence-electron chi connectivity index (χ2n) is 7.46. The van der Waals surface area contributed by atoms with Crippen molar-refractivity contribution in [2.45, 2.75) is 38.4 Å². The monoisotopic (exact) mass is 466 g/mol. The van der Waals surface area contributed by atoms with E-state index in [2.05, 4.69) is 39.5 Å². The number of rotatable bonds is 10. The average molecular weight is 467 g/mol. The first-order valence-electron chi connectivity index (χ1n) is 11.0. The molecule has 172 valence electrons. The van der Waals surface area contributed by atoms with Gasteiger partial charge in [0.1, 0.15) is 11.4 Å². The van der Waals surface area contributed by atoms with Gasteiger partial charge in [-0.05, 0) is 25.0 Å². The zero-order valence-electron chi connectivity index (χ0n) is 18.6. The van der Waals surface area contributed by atoms with Gasteiger partial charge in [0.25, 0.3) is 5.91 Å². The molecule has 3 aromatic heterocycles. The van der Waals surface area contributed by atoms with Crippen LogP contribution in [0.25, 0.3) is 22.0 Å². The van der Waals surface area contributed by atoms with Crippen LogP contribution in [0, 0.1) is 0 Å². The first-order chi connectivity index (χ1) is 16.1. The number of benzene rings is 1. The van der Waals surface area contributed by atoms with Crippen LogP contribution in [0.4, 0.5) is 5.82 Å². The third-order valence-electron chi connectivity index (χ3n) is 4.92. The Bertz CT molecular complexity index is 1330. The summed E-state index contributed by atoms with van der Waals surface area (Å²) >= 11 is 1.61. The highest BCUT2D eigenvalue weighted by molar-refractivity contribution is 7.99. The smallest absolute Gasteiger partial charge is 0.287 e. The lowest BCUT2D eigenvalue weighted by Crippen LogP contribution is -2.28. The number of fused-ring (bicyclic) bond motifs is 2. The molecule has 0 aliphatic carbocycles. The van der Waals surface area contributed by atoms with Gasteiger partial charge in [0.05, 0.1) is 23.5 Å². The second kappa shape index (κ2) is 10.5. The molecule has 1 aromatic carbocycles. The van der Waals surface area contributed by atoms with E-state index in [1.807, 2.05) is 0 Å². The van der Waals surface area contributed by atoms with Gasteiger partial charge in [-0.1, -0.05) is 37.7 Å². The van der Waals surface area contributed by atoms with Crippen LogP contribution in [-0.2, 0) is 6.54 Å². The average Bonchev–Trinajstić information content (AvgIpc) is 3.24. The van der Waals surface area contributed by atoms with Gasteiger partial charge in [-0.3, -0.25) is 9.59 Å². The summed E-state index contributed by atoms with van der Waals surface area (Å²) in [6.07, 6.45) is 3.75. The molecule has 0 aliphatic heterocycles. The molecule has 0 bridgehead atoms. The Hall–Kier alpha value is -3.40. The molecule has 3 heterocycles. The van der Waals surface area contributed by atoms with Crippen LogP contribution in [0.1, 0.15) is 37.2 Å². The SMILES string of the molecule is CCCNc1nc(SCCC)nc2c1cnn2CCNC(=O)c1cc(=O)c2ccccc2o1. The minimum atomic E-state index is -0.451. The van der Waals surface area contributed by atoms with Crippen LogP contribution in [0.15, 0.2) is 50.9 Å². The van der Waals surface area contributed by atoms with E-state index in [1.165, 1.54) is 6.07 Å². The van der Waals surface area contributed by atoms with Crippen molar-refractivity contribution in [3.63, 3.8) is 0 Å². The number of nitrogens with zero attached hydrogens (tertiary/aromatic N) is 4. The summed E-state index contributed by atoms with van der Waals surface area (Å²) in [5.41, 5.74) is 0.851. The molecule has 0 aliphatic rings. The standard InChI is InChI=1S/C23H26N6O3S/c1-3-9-24-20-16-14-26-29(21(16)28-23(27-20)33-12-4-2)11-10-25-22(31)19-13-17(30)15-7-5-6-8-18(15)32-19/h5-8,13-14H,3-4,9-12H2,1-2H3,(H,25,31)(H,24,27,28). The minimum absolute atomic E-state index is 0.0179. The Morgan fingerprint density at radius 1 is 1.12 bits per heavy atom. The summed E-state index contributed by atoms with van der Waals surface area (Å²) in [6, 6.07) is 8.07. The fourth-order valence-electron chi connectivity index (χ4n) is 3.31. The van der Waals surface area contributed by atoms with E-state index >= 15 is 0 Å². The van der Waals surface area contributed by atoms with E-state index in [0.29, 0.717) is 34.9 Å².